The van der Waals surface area contributed by atoms with E-state index in [9.17, 15) is 4.79 Å². The Morgan fingerprint density at radius 1 is 1.09 bits per heavy atom. The van der Waals surface area contributed by atoms with Gasteiger partial charge in [-0.1, -0.05) is 35.8 Å². The van der Waals surface area contributed by atoms with E-state index >= 15 is 0 Å². The zero-order valence-corrected chi connectivity index (χ0v) is 20.0. The van der Waals surface area contributed by atoms with Crippen LogP contribution < -0.4 is 11.5 Å². The predicted molar refractivity (Wildman–Crippen MR) is 132 cm³/mol. The van der Waals surface area contributed by atoms with Crippen molar-refractivity contribution in [3.8, 4) is 0 Å². The molecule has 6 nitrogen and oxygen atoms in total. The van der Waals surface area contributed by atoms with Crippen molar-refractivity contribution in [1.29, 1.82) is 0 Å². The Hall–Kier alpha value is -1.99. The molecule has 174 valence electrons. The number of piperidine rings is 1. The Kier molecular flexibility index (Phi) is 9.05. The average Bonchev–Trinajstić information content (AvgIpc) is 2.76. The van der Waals surface area contributed by atoms with Crippen molar-refractivity contribution in [3.05, 3.63) is 70.0 Å². The molecular formula is C24H33Cl2N5O. The third-order valence-electron chi connectivity index (χ3n) is 6.12. The molecule has 2 fully saturated rings. The number of nitrogens with zero attached hydrogens (tertiary/aromatic N) is 3. The monoisotopic (exact) mass is 477 g/mol. The second-order valence-electron chi connectivity index (χ2n) is 8.54. The number of carbonyl (C=O) groups excluding carboxylic acids is 1. The summed E-state index contributed by atoms with van der Waals surface area (Å²) in [6.07, 6.45) is 6.97. The summed E-state index contributed by atoms with van der Waals surface area (Å²) in [6, 6.07) is 5.62. The lowest BCUT2D eigenvalue weighted by atomic mass is 9.94. The van der Waals surface area contributed by atoms with Crippen LogP contribution in [0.15, 0.2) is 54.4 Å². The Morgan fingerprint density at radius 3 is 2.38 bits per heavy atom. The van der Waals surface area contributed by atoms with Gasteiger partial charge in [-0.25, -0.2) is 0 Å². The van der Waals surface area contributed by atoms with Crippen LogP contribution >= 0.6 is 23.2 Å². The maximum absolute atomic E-state index is 13.1. The minimum absolute atomic E-state index is 0.102. The lowest BCUT2D eigenvalue weighted by Gasteiger charge is -2.38. The molecule has 0 bridgehead atoms. The van der Waals surface area contributed by atoms with E-state index in [1.807, 2.05) is 29.2 Å². The molecule has 2 aliphatic heterocycles. The smallest absolute Gasteiger partial charge is 0.225 e. The Morgan fingerprint density at radius 2 is 1.78 bits per heavy atom. The van der Waals surface area contributed by atoms with Crippen LogP contribution in [0.2, 0.25) is 10.0 Å². The maximum Gasteiger partial charge on any atom is 0.225 e. The third-order valence-corrected chi connectivity index (χ3v) is 6.70. The van der Waals surface area contributed by atoms with Crippen LogP contribution in [-0.2, 0) is 11.3 Å². The van der Waals surface area contributed by atoms with Gasteiger partial charge in [-0.3, -0.25) is 14.6 Å². The molecule has 0 aromatic heterocycles. The summed E-state index contributed by atoms with van der Waals surface area (Å²) in [7, 11) is 0. The molecule has 4 N–H and O–H groups in total. The van der Waals surface area contributed by atoms with Crippen molar-refractivity contribution >= 4 is 29.1 Å². The van der Waals surface area contributed by atoms with E-state index in [4.69, 9.17) is 34.7 Å². The van der Waals surface area contributed by atoms with Gasteiger partial charge < -0.3 is 16.4 Å². The van der Waals surface area contributed by atoms with Crippen molar-refractivity contribution < 1.29 is 4.79 Å². The maximum atomic E-state index is 13.1. The predicted octanol–water partition coefficient (Wildman–Crippen LogP) is 3.22. The standard InChI is InChI=1S/C24H33Cl2N5O/c1-18(28)14-19(4-7-27)16-29-8-5-20(6-9-29)24(32)31-12-10-30(11-13-31)17-21-2-3-22(25)15-23(21)26/h2-4,7,14-15,20H,1,5-6,8-13,16-17,27-28H2/b7-4-,19-14+. The van der Waals surface area contributed by atoms with Gasteiger partial charge in [0.2, 0.25) is 5.91 Å². The zero-order valence-electron chi connectivity index (χ0n) is 18.5. The topological polar surface area (TPSA) is 78.8 Å². The Balaban J connectivity index is 1.44. The first-order chi connectivity index (χ1) is 15.4. The van der Waals surface area contributed by atoms with E-state index in [1.54, 1.807) is 6.07 Å². The fraction of sp³-hybridized carbons (Fsp3) is 0.458. The van der Waals surface area contributed by atoms with Gasteiger partial charge in [0.15, 0.2) is 0 Å². The fourth-order valence-corrected chi connectivity index (χ4v) is 4.85. The van der Waals surface area contributed by atoms with Crippen LogP contribution in [-0.4, -0.2) is 66.4 Å². The van der Waals surface area contributed by atoms with Gasteiger partial charge >= 0.3 is 0 Å². The molecule has 0 unspecified atom stereocenters. The molecule has 1 amide bonds. The van der Waals surface area contributed by atoms with Crippen LogP contribution in [0.3, 0.4) is 0 Å². The van der Waals surface area contributed by atoms with E-state index in [-0.39, 0.29) is 5.92 Å². The Bertz CT molecular complexity index is 869. The molecule has 2 aliphatic rings. The highest BCUT2D eigenvalue weighted by Gasteiger charge is 2.30. The molecule has 0 saturated carbocycles. The number of carbonyl (C=O) groups is 1. The van der Waals surface area contributed by atoms with Crippen LogP contribution in [0.1, 0.15) is 18.4 Å². The zero-order chi connectivity index (χ0) is 23.1. The summed E-state index contributed by atoms with van der Waals surface area (Å²) in [5.41, 5.74) is 13.9. The summed E-state index contributed by atoms with van der Waals surface area (Å²) in [4.78, 5) is 19.8. The van der Waals surface area contributed by atoms with Crippen molar-refractivity contribution in [2.24, 2.45) is 17.4 Å². The van der Waals surface area contributed by atoms with Crippen LogP contribution in [0.25, 0.3) is 0 Å². The Labute approximate surface area is 201 Å². The first-order valence-electron chi connectivity index (χ1n) is 11.1. The van der Waals surface area contributed by atoms with Gasteiger partial charge in [0, 0.05) is 60.9 Å². The third kappa shape index (κ3) is 7.01. The van der Waals surface area contributed by atoms with Gasteiger partial charge in [-0.05, 0) is 67.6 Å². The van der Waals surface area contributed by atoms with Crippen molar-refractivity contribution in [1.82, 2.24) is 14.7 Å². The van der Waals surface area contributed by atoms with Gasteiger partial charge in [0.05, 0.1) is 0 Å². The van der Waals surface area contributed by atoms with Crippen LogP contribution in [0.5, 0.6) is 0 Å². The van der Waals surface area contributed by atoms with Crippen LogP contribution in [0.4, 0.5) is 0 Å². The first-order valence-corrected chi connectivity index (χ1v) is 11.8. The lowest BCUT2D eigenvalue weighted by molar-refractivity contribution is -0.138. The fourth-order valence-electron chi connectivity index (χ4n) is 4.38. The number of amides is 1. The van der Waals surface area contributed by atoms with E-state index in [0.29, 0.717) is 21.6 Å². The van der Waals surface area contributed by atoms with E-state index in [1.165, 1.54) is 6.20 Å². The van der Waals surface area contributed by atoms with Crippen molar-refractivity contribution in [3.63, 3.8) is 0 Å². The summed E-state index contributed by atoms with van der Waals surface area (Å²) in [5.74, 6) is 0.396. The van der Waals surface area contributed by atoms with Crippen molar-refractivity contribution in [2.45, 2.75) is 19.4 Å². The van der Waals surface area contributed by atoms with E-state index in [0.717, 1.165) is 76.3 Å². The molecule has 1 aromatic rings. The number of benzene rings is 1. The minimum atomic E-state index is 0.102. The number of rotatable bonds is 7. The SMILES string of the molecule is C=C(N)/C=C(\C=C/N)CN1CCC(C(=O)N2CCN(Cc3ccc(Cl)cc3Cl)CC2)CC1. The number of halogens is 2. The molecule has 0 aliphatic carbocycles. The van der Waals surface area contributed by atoms with Gasteiger partial charge in [-0.15, -0.1) is 0 Å². The normalized spacial score (nSPS) is 19.6. The highest BCUT2D eigenvalue weighted by molar-refractivity contribution is 6.35. The summed E-state index contributed by atoms with van der Waals surface area (Å²) >= 11 is 12.3. The van der Waals surface area contributed by atoms with Gasteiger partial charge in [-0.2, -0.15) is 0 Å². The molecule has 0 atom stereocenters. The molecular weight excluding hydrogens is 445 g/mol. The summed E-state index contributed by atoms with van der Waals surface area (Å²) in [5, 5.41) is 1.34. The number of nitrogens with two attached hydrogens (primary N) is 2. The minimum Gasteiger partial charge on any atom is -0.405 e. The average molecular weight is 478 g/mol. The molecule has 0 spiro atoms. The highest BCUT2D eigenvalue weighted by Crippen LogP contribution is 2.24. The highest BCUT2D eigenvalue weighted by atomic mass is 35.5. The molecule has 1 aromatic carbocycles. The second kappa shape index (κ2) is 11.8. The first kappa shape index (κ1) is 24.6. The van der Waals surface area contributed by atoms with Crippen molar-refractivity contribution in [2.75, 3.05) is 45.8 Å². The lowest BCUT2D eigenvalue weighted by Crippen LogP contribution is -2.51. The number of likely N-dealkylation sites (tertiary alicyclic amines) is 1. The van der Waals surface area contributed by atoms with Crippen LogP contribution in [0, 0.1) is 5.92 Å². The van der Waals surface area contributed by atoms with E-state index in [2.05, 4.69) is 16.4 Å². The molecule has 2 heterocycles. The van der Waals surface area contributed by atoms with E-state index < -0.39 is 0 Å². The number of hydrogen-bond donors (Lipinski definition) is 2. The quantitative estimate of drug-likeness (QED) is 0.589. The molecule has 32 heavy (non-hydrogen) atoms. The number of piperazine rings is 1. The largest absolute Gasteiger partial charge is 0.405 e. The summed E-state index contributed by atoms with van der Waals surface area (Å²) in [6.45, 7) is 10.3. The number of allylic oxidation sites excluding steroid dienone is 1. The molecule has 2 saturated heterocycles. The number of hydrogen-bond acceptors (Lipinski definition) is 5. The van der Waals surface area contributed by atoms with Gasteiger partial charge in [0.25, 0.3) is 0 Å². The molecule has 0 radical (unpaired) electrons. The molecule has 3 rings (SSSR count). The molecule has 8 heteroatoms. The van der Waals surface area contributed by atoms with Gasteiger partial charge in [0.1, 0.15) is 0 Å². The summed E-state index contributed by atoms with van der Waals surface area (Å²) < 4.78 is 0. The second-order valence-corrected chi connectivity index (χ2v) is 9.38.